The van der Waals surface area contributed by atoms with Crippen molar-refractivity contribution in [3.05, 3.63) is 32.8 Å². The fraction of sp³-hybridized carbons (Fsp3) is 0.455. The lowest BCUT2D eigenvalue weighted by molar-refractivity contribution is -0.384. The summed E-state index contributed by atoms with van der Waals surface area (Å²) in [7, 11) is -3.03. The van der Waals surface area contributed by atoms with Gasteiger partial charge in [0.1, 0.15) is 5.69 Å². The SMILES string of the molecule is O=[N+]([O-])c1cc(Br)ccc1N[C@@H]1CCCS(=O)(=O)C1. The molecule has 2 rings (SSSR count). The molecular weight excluding hydrogens is 336 g/mol. The van der Waals surface area contributed by atoms with Gasteiger partial charge in [-0.3, -0.25) is 10.1 Å². The first kappa shape index (κ1) is 14.3. The Hall–Kier alpha value is -1.15. The van der Waals surface area contributed by atoms with Crippen molar-refractivity contribution in [3.8, 4) is 0 Å². The van der Waals surface area contributed by atoms with Crippen LogP contribution >= 0.6 is 15.9 Å². The summed E-state index contributed by atoms with van der Waals surface area (Å²) in [5.74, 6) is 0.230. The number of halogens is 1. The van der Waals surface area contributed by atoms with Crippen molar-refractivity contribution in [1.82, 2.24) is 0 Å². The summed E-state index contributed by atoms with van der Waals surface area (Å²) >= 11 is 3.18. The molecule has 1 heterocycles. The van der Waals surface area contributed by atoms with Gasteiger partial charge in [0, 0.05) is 16.6 Å². The molecule has 1 atom stereocenters. The average Bonchev–Trinajstić information content (AvgIpc) is 2.30. The van der Waals surface area contributed by atoms with Crippen LogP contribution in [0, 0.1) is 10.1 Å². The van der Waals surface area contributed by atoms with E-state index in [2.05, 4.69) is 21.2 Å². The van der Waals surface area contributed by atoms with E-state index in [0.717, 1.165) is 0 Å². The van der Waals surface area contributed by atoms with Crippen molar-refractivity contribution in [1.29, 1.82) is 0 Å². The summed E-state index contributed by atoms with van der Waals surface area (Å²) in [4.78, 5) is 10.5. The van der Waals surface area contributed by atoms with Gasteiger partial charge in [-0.1, -0.05) is 15.9 Å². The standard InChI is InChI=1S/C11H13BrN2O4S/c12-8-3-4-10(11(6-8)14(15)16)13-9-2-1-5-19(17,18)7-9/h3-4,6,9,13H,1-2,5,7H2/t9-/m1/s1. The van der Waals surface area contributed by atoms with Crippen LogP contribution in [0.4, 0.5) is 11.4 Å². The number of benzene rings is 1. The molecule has 1 aliphatic rings. The van der Waals surface area contributed by atoms with Crippen molar-refractivity contribution in [3.63, 3.8) is 0 Å². The first-order chi connectivity index (χ1) is 8.87. The lowest BCUT2D eigenvalue weighted by Gasteiger charge is -2.23. The lowest BCUT2D eigenvalue weighted by atomic mass is 10.1. The van der Waals surface area contributed by atoms with Gasteiger partial charge in [0.25, 0.3) is 5.69 Å². The summed E-state index contributed by atoms with van der Waals surface area (Å²) < 4.78 is 23.7. The lowest BCUT2D eigenvalue weighted by Crippen LogP contribution is -2.34. The highest BCUT2D eigenvalue weighted by Crippen LogP contribution is 2.29. The second-order valence-corrected chi connectivity index (χ2v) is 7.66. The van der Waals surface area contributed by atoms with Gasteiger partial charge in [-0.05, 0) is 25.0 Å². The zero-order chi connectivity index (χ0) is 14.0. The Kier molecular flexibility index (Phi) is 4.10. The highest BCUT2D eigenvalue weighted by Gasteiger charge is 2.26. The van der Waals surface area contributed by atoms with Gasteiger partial charge in [0.05, 0.1) is 16.4 Å². The number of nitro benzene ring substituents is 1. The maximum absolute atomic E-state index is 11.5. The molecule has 104 valence electrons. The summed E-state index contributed by atoms with van der Waals surface area (Å²) in [5.41, 5.74) is 0.299. The minimum Gasteiger partial charge on any atom is -0.376 e. The third kappa shape index (κ3) is 3.66. The molecule has 0 spiro atoms. The number of hydrogen-bond donors (Lipinski definition) is 1. The van der Waals surface area contributed by atoms with E-state index in [1.54, 1.807) is 12.1 Å². The maximum Gasteiger partial charge on any atom is 0.293 e. The van der Waals surface area contributed by atoms with Gasteiger partial charge in [-0.2, -0.15) is 0 Å². The highest BCUT2D eigenvalue weighted by molar-refractivity contribution is 9.10. The van der Waals surface area contributed by atoms with E-state index >= 15 is 0 Å². The van der Waals surface area contributed by atoms with Crippen LogP contribution in [-0.4, -0.2) is 30.9 Å². The number of rotatable bonds is 3. The zero-order valence-electron chi connectivity index (χ0n) is 10.0. The van der Waals surface area contributed by atoms with Crippen LogP contribution in [0.15, 0.2) is 22.7 Å². The third-order valence-corrected chi connectivity index (χ3v) is 5.29. The van der Waals surface area contributed by atoms with Crippen molar-refractivity contribution in [2.75, 3.05) is 16.8 Å². The minimum absolute atomic E-state index is 0.0280. The van der Waals surface area contributed by atoms with E-state index < -0.39 is 14.8 Å². The molecule has 0 saturated carbocycles. The second kappa shape index (κ2) is 5.46. The Morgan fingerprint density at radius 2 is 2.16 bits per heavy atom. The zero-order valence-corrected chi connectivity index (χ0v) is 12.4. The van der Waals surface area contributed by atoms with Gasteiger partial charge >= 0.3 is 0 Å². The molecule has 19 heavy (non-hydrogen) atoms. The number of anilines is 1. The molecular formula is C11H13BrN2O4S. The maximum atomic E-state index is 11.5. The third-order valence-electron chi connectivity index (χ3n) is 2.98. The molecule has 0 amide bonds. The number of nitrogens with zero attached hydrogens (tertiary/aromatic N) is 1. The number of hydrogen-bond acceptors (Lipinski definition) is 5. The van der Waals surface area contributed by atoms with Gasteiger partial charge in [-0.15, -0.1) is 0 Å². The molecule has 0 aliphatic carbocycles. The van der Waals surface area contributed by atoms with E-state index in [4.69, 9.17) is 0 Å². The van der Waals surface area contributed by atoms with E-state index in [0.29, 0.717) is 23.0 Å². The quantitative estimate of drug-likeness (QED) is 0.668. The Morgan fingerprint density at radius 3 is 2.79 bits per heavy atom. The van der Waals surface area contributed by atoms with Crippen LogP contribution in [0.3, 0.4) is 0 Å². The summed E-state index contributed by atoms with van der Waals surface area (Å²) in [6, 6.07) is 4.41. The molecule has 1 saturated heterocycles. The molecule has 0 aromatic heterocycles. The van der Waals surface area contributed by atoms with Gasteiger partial charge in [0.15, 0.2) is 9.84 Å². The van der Waals surface area contributed by atoms with Crippen LogP contribution < -0.4 is 5.32 Å². The topological polar surface area (TPSA) is 89.3 Å². The number of nitrogens with one attached hydrogen (secondary N) is 1. The van der Waals surface area contributed by atoms with Gasteiger partial charge in [-0.25, -0.2) is 8.42 Å². The van der Waals surface area contributed by atoms with Crippen LogP contribution in [-0.2, 0) is 9.84 Å². The molecule has 0 radical (unpaired) electrons. The first-order valence-electron chi connectivity index (χ1n) is 5.78. The molecule has 1 aromatic carbocycles. The van der Waals surface area contributed by atoms with Crippen LogP contribution in [0.1, 0.15) is 12.8 Å². The van der Waals surface area contributed by atoms with E-state index in [-0.39, 0.29) is 23.2 Å². The average molecular weight is 349 g/mol. The molecule has 8 heteroatoms. The second-order valence-electron chi connectivity index (χ2n) is 4.52. The molecule has 6 nitrogen and oxygen atoms in total. The molecule has 1 N–H and O–H groups in total. The predicted molar refractivity (Wildman–Crippen MR) is 76.1 cm³/mol. The minimum atomic E-state index is -3.03. The molecule has 1 aromatic rings. The van der Waals surface area contributed by atoms with Crippen LogP contribution in [0.5, 0.6) is 0 Å². The summed E-state index contributed by atoms with van der Waals surface area (Å²) in [5, 5.41) is 13.9. The normalized spacial score (nSPS) is 21.8. The highest BCUT2D eigenvalue weighted by atomic mass is 79.9. The Balaban J connectivity index is 2.21. The Bertz CT molecular complexity index is 603. The fourth-order valence-corrected chi connectivity index (χ4v) is 4.12. The number of nitro groups is 1. The van der Waals surface area contributed by atoms with Gasteiger partial charge < -0.3 is 5.32 Å². The van der Waals surface area contributed by atoms with Crippen molar-refractivity contribution in [2.45, 2.75) is 18.9 Å². The van der Waals surface area contributed by atoms with E-state index in [1.165, 1.54) is 6.07 Å². The van der Waals surface area contributed by atoms with Crippen LogP contribution in [0.25, 0.3) is 0 Å². The van der Waals surface area contributed by atoms with E-state index in [9.17, 15) is 18.5 Å². The Labute approximate surface area is 119 Å². The van der Waals surface area contributed by atoms with Crippen LogP contribution in [0.2, 0.25) is 0 Å². The first-order valence-corrected chi connectivity index (χ1v) is 8.40. The smallest absolute Gasteiger partial charge is 0.293 e. The van der Waals surface area contributed by atoms with Crippen molar-refractivity contribution in [2.24, 2.45) is 0 Å². The monoisotopic (exact) mass is 348 g/mol. The van der Waals surface area contributed by atoms with Crippen molar-refractivity contribution >= 4 is 37.1 Å². The Morgan fingerprint density at radius 1 is 1.42 bits per heavy atom. The molecule has 0 bridgehead atoms. The molecule has 0 unspecified atom stereocenters. The molecule has 1 fully saturated rings. The summed E-state index contributed by atoms with van der Waals surface area (Å²) in [6.45, 7) is 0. The van der Waals surface area contributed by atoms with E-state index in [1.807, 2.05) is 0 Å². The summed E-state index contributed by atoms with van der Waals surface area (Å²) in [6.07, 6.45) is 1.29. The fourth-order valence-electron chi connectivity index (χ4n) is 2.13. The number of sulfone groups is 1. The largest absolute Gasteiger partial charge is 0.376 e. The van der Waals surface area contributed by atoms with Gasteiger partial charge in [0.2, 0.25) is 0 Å². The van der Waals surface area contributed by atoms with Crippen molar-refractivity contribution < 1.29 is 13.3 Å². The predicted octanol–water partition coefficient (Wildman–Crippen LogP) is 2.35. The molecule has 1 aliphatic heterocycles.